The molecule has 0 radical (unpaired) electrons. The molecule has 0 saturated heterocycles. The molecule has 4 aromatic carbocycles. The van der Waals surface area contributed by atoms with E-state index in [1.54, 1.807) is 12.1 Å². The van der Waals surface area contributed by atoms with E-state index in [0.29, 0.717) is 25.2 Å². The van der Waals surface area contributed by atoms with Crippen LogP contribution in [0.5, 0.6) is 5.75 Å². The van der Waals surface area contributed by atoms with Crippen LogP contribution in [0.4, 0.5) is 0 Å². The van der Waals surface area contributed by atoms with Crippen molar-refractivity contribution in [3.8, 4) is 5.75 Å². The number of hydrogen-bond donors (Lipinski definition) is 0. The minimum atomic E-state index is -0.340. The maximum absolute atomic E-state index is 11.9. The van der Waals surface area contributed by atoms with Crippen molar-refractivity contribution in [3.05, 3.63) is 137 Å². The van der Waals surface area contributed by atoms with Crippen LogP contribution in [0.1, 0.15) is 64.4 Å². The Labute approximate surface area is 268 Å². The molecule has 4 rings (SSSR count). The number of nitrogens with zero attached hydrogens (tertiary/aromatic N) is 1. The average molecular weight is 610 g/mol. The topological polar surface area (TPSA) is 65.1 Å². The molecule has 0 aliphatic heterocycles. The van der Waals surface area contributed by atoms with Gasteiger partial charge >= 0.3 is 11.9 Å². The monoisotopic (exact) mass is 609 g/mol. The lowest BCUT2D eigenvalue weighted by Gasteiger charge is -2.23. The van der Waals surface area contributed by atoms with Crippen molar-refractivity contribution in [2.24, 2.45) is 0 Å². The molecule has 45 heavy (non-hydrogen) atoms. The number of methoxy groups -OCH3 is 1. The molecule has 0 atom stereocenters. The first kappa shape index (κ1) is 33.5. The molecule has 6 heteroatoms. The van der Waals surface area contributed by atoms with Gasteiger partial charge in [-0.1, -0.05) is 84.9 Å². The molecule has 4 aromatic rings. The van der Waals surface area contributed by atoms with E-state index in [2.05, 4.69) is 71.6 Å². The Morgan fingerprint density at radius 1 is 0.711 bits per heavy atom. The van der Waals surface area contributed by atoms with Gasteiger partial charge in [0.05, 0.1) is 19.3 Å². The Hall–Kier alpha value is -4.42. The van der Waals surface area contributed by atoms with Gasteiger partial charge < -0.3 is 14.2 Å². The molecule has 6 nitrogen and oxygen atoms in total. The summed E-state index contributed by atoms with van der Waals surface area (Å²) in [6.45, 7) is 5.16. The predicted octanol–water partition coefficient (Wildman–Crippen LogP) is 7.62. The summed E-state index contributed by atoms with van der Waals surface area (Å²) in [6.07, 6.45) is 4.97. The second-order valence-electron chi connectivity index (χ2n) is 11.2. The number of aryl methyl sites for hydroxylation is 2. The van der Waals surface area contributed by atoms with Crippen LogP contribution in [0.25, 0.3) is 0 Å². The summed E-state index contributed by atoms with van der Waals surface area (Å²) >= 11 is 0. The third-order valence-corrected chi connectivity index (χ3v) is 7.82. The van der Waals surface area contributed by atoms with Gasteiger partial charge in [0.2, 0.25) is 0 Å². The molecule has 0 bridgehead atoms. The first-order valence-corrected chi connectivity index (χ1v) is 15.9. The van der Waals surface area contributed by atoms with Crippen molar-refractivity contribution in [2.75, 3.05) is 26.8 Å². The Bertz CT molecular complexity index is 1450. The fraction of sp³-hybridized carbons (Fsp3) is 0.333. The minimum absolute atomic E-state index is 0.143. The summed E-state index contributed by atoms with van der Waals surface area (Å²) in [7, 11) is 1.39. The van der Waals surface area contributed by atoms with Crippen LogP contribution >= 0.6 is 0 Å². The molecular formula is C39H45NO5. The van der Waals surface area contributed by atoms with Gasteiger partial charge in [-0.2, -0.15) is 0 Å². The van der Waals surface area contributed by atoms with Crippen LogP contribution in [0.15, 0.2) is 103 Å². The number of esters is 2. The fourth-order valence-corrected chi connectivity index (χ4v) is 5.26. The van der Waals surface area contributed by atoms with Gasteiger partial charge in [0.15, 0.2) is 0 Å². The van der Waals surface area contributed by atoms with E-state index in [1.807, 2.05) is 31.2 Å². The van der Waals surface area contributed by atoms with Gasteiger partial charge in [-0.15, -0.1) is 0 Å². The summed E-state index contributed by atoms with van der Waals surface area (Å²) in [5.41, 5.74) is 6.64. The molecule has 0 amide bonds. The quantitative estimate of drug-likeness (QED) is 0.0855. The Morgan fingerprint density at radius 2 is 1.38 bits per heavy atom. The zero-order valence-corrected chi connectivity index (χ0v) is 26.6. The lowest BCUT2D eigenvalue weighted by atomic mass is 10.0. The highest BCUT2D eigenvalue weighted by Gasteiger charge is 2.12. The van der Waals surface area contributed by atoms with Gasteiger partial charge in [-0.3, -0.25) is 9.69 Å². The first-order chi connectivity index (χ1) is 22.0. The normalized spacial score (nSPS) is 10.9. The van der Waals surface area contributed by atoms with Crippen LogP contribution in [0, 0.1) is 0 Å². The van der Waals surface area contributed by atoms with Crippen LogP contribution in [0.2, 0.25) is 0 Å². The summed E-state index contributed by atoms with van der Waals surface area (Å²) in [5.74, 6) is 0.415. The summed E-state index contributed by atoms with van der Waals surface area (Å²) < 4.78 is 16.2. The van der Waals surface area contributed by atoms with Crippen molar-refractivity contribution < 1.29 is 23.8 Å². The highest BCUT2D eigenvalue weighted by Crippen LogP contribution is 2.21. The van der Waals surface area contributed by atoms with E-state index in [-0.39, 0.29) is 11.9 Å². The van der Waals surface area contributed by atoms with Crippen LogP contribution in [0.3, 0.4) is 0 Å². The van der Waals surface area contributed by atoms with E-state index >= 15 is 0 Å². The molecule has 0 aliphatic rings. The molecule has 0 unspecified atom stereocenters. The predicted molar refractivity (Wildman–Crippen MR) is 178 cm³/mol. The molecule has 0 spiro atoms. The molecule has 0 N–H and O–H groups in total. The SMILES string of the molecule is CCOC(=O)CCCCN(CCc1ccccc1O[14CH2]c1ccc(CCc2ccccc2)cc1)Cc1ccc(C(=O)OC)cc1. The second-order valence-corrected chi connectivity index (χ2v) is 11.2. The van der Waals surface area contributed by atoms with Crippen molar-refractivity contribution in [2.45, 2.75) is 58.6 Å². The second kappa shape index (κ2) is 18.4. The number of carbonyl (C=O) groups is 2. The number of rotatable bonds is 18. The maximum atomic E-state index is 11.9. The van der Waals surface area contributed by atoms with E-state index < -0.39 is 0 Å². The molecule has 0 aromatic heterocycles. The van der Waals surface area contributed by atoms with Gasteiger partial charge in [-0.25, -0.2) is 4.79 Å². The lowest BCUT2D eigenvalue weighted by Crippen LogP contribution is -2.27. The number of carbonyl (C=O) groups excluding carboxylic acids is 2. The largest absolute Gasteiger partial charge is 0.489 e. The van der Waals surface area contributed by atoms with Crippen molar-refractivity contribution >= 4 is 11.9 Å². The van der Waals surface area contributed by atoms with E-state index in [1.165, 1.54) is 18.2 Å². The number of benzene rings is 4. The number of para-hydroxylation sites is 1. The Balaban J connectivity index is 1.33. The van der Waals surface area contributed by atoms with E-state index in [9.17, 15) is 9.59 Å². The van der Waals surface area contributed by atoms with Gasteiger partial charge in [0, 0.05) is 19.5 Å². The average Bonchev–Trinajstić information content (AvgIpc) is 3.08. The number of ether oxygens (including phenoxy) is 3. The Morgan fingerprint density at radius 3 is 2.09 bits per heavy atom. The third-order valence-electron chi connectivity index (χ3n) is 7.82. The Kier molecular flexibility index (Phi) is 13.7. The van der Waals surface area contributed by atoms with Crippen molar-refractivity contribution in [1.29, 1.82) is 0 Å². The van der Waals surface area contributed by atoms with Crippen molar-refractivity contribution in [3.63, 3.8) is 0 Å². The van der Waals surface area contributed by atoms with Gasteiger partial charge in [0.25, 0.3) is 0 Å². The number of hydrogen-bond acceptors (Lipinski definition) is 6. The van der Waals surface area contributed by atoms with Gasteiger partial charge in [0.1, 0.15) is 12.4 Å². The summed E-state index contributed by atoms with van der Waals surface area (Å²) in [6, 6.07) is 35.1. The summed E-state index contributed by atoms with van der Waals surface area (Å²) in [5, 5.41) is 0. The van der Waals surface area contributed by atoms with Crippen LogP contribution in [-0.2, 0) is 46.7 Å². The van der Waals surface area contributed by atoms with Crippen LogP contribution in [-0.4, -0.2) is 43.6 Å². The zero-order valence-electron chi connectivity index (χ0n) is 26.6. The third kappa shape index (κ3) is 11.5. The zero-order chi connectivity index (χ0) is 31.7. The molecule has 0 aliphatic carbocycles. The van der Waals surface area contributed by atoms with E-state index in [0.717, 1.165) is 74.2 Å². The standard InChI is InChI=1S/C39H45NO5/c1-3-44-38(41)15-9-10-27-40(29-33-22-24-36(25-23-33)39(42)43-2)28-26-35-13-7-8-14-37(35)45-30-34-20-18-32(19-21-34)17-16-31-11-5-4-6-12-31/h4-8,11-14,18-25H,3,9-10,15-17,26-30H2,1-2H3/i30+2. The first-order valence-electron chi connectivity index (χ1n) is 15.9. The molecule has 236 valence electrons. The fourth-order valence-electron chi connectivity index (χ4n) is 5.26. The highest BCUT2D eigenvalue weighted by molar-refractivity contribution is 5.89. The van der Waals surface area contributed by atoms with Gasteiger partial charge in [-0.05, 0) is 91.6 Å². The number of unbranched alkanes of at least 4 members (excludes halogenated alkanes) is 1. The molecule has 0 heterocycles. The minimum Gasteiger partial charge on any atom is -0.489 e. The summed E-state index contributed by atoms with van der Waals surface area (Å²) in [4.78, 5) is 26.1. The molecular weight excluding hydrogens is 564 g/mol. The van der Waals surface area contributed by atoms with Crippen molar-refractivity contribution in [1.82, 2.24) is 4.90 Å². The highest BCUT2D eigenvalue weighted by atomic mass is 16.6. The van der Waals surface area contributed by atoms with Crippen LogP contribution < -0.4 is 4.74 Å². The molecule has 0 fully saturated rings. The smallest absolute Gasteiger partial charge is 0.337 e. The maximum Gasteiger partial charge on any atom is 0.337 e. The molecule has 0 saturated carbocycles. The lowest BCUT2D eigenvalue weighted by molar-refractivity contribution is -0.143. The van der Waals surface area contributed by atoms with E-state index in [4.69, 9.17) is 14.2 Å².